The van der Waals surface area contributed by atoms with Crippen molar-refractivity contribution in [1.29, 1.82) is 0 Å². The van der Waals surface area contributed by atoms with Crippen molar-refractivity contribution in [2.75, 3.05) is 39.3 Å². The van der Waals surface area contributed by atoms with Crippen molar-refractivity contribution in [1.82, 2.24) is 14.4 Å². The minimum absolute atomic E-state index is 0.0897. The van der Waals surface area contributed by atoms with Gasteiger partial charge in [-0.25, -0.2) is 0 Å². The fourth-order valence-corrected chi connectivity index (χ4v) is 4.08. The van der Waals surface area contributed by atoms with Crippen LogP contribution in [0.1, 0.15) is 22.3 Å². The highest BCUT2D eigenvalue weighted by atomic mass is 16.3. The molecular weight excluding hydrogens is 334 g/mol. The van der Waals surface area contributed by atoms with E-state index in [0.717, 1.165) is 23.9 Å². The Kier molecular flexibility index (Phi) is 4.42. The molecule has 0 bridgehead atoms. The molecule has 7 heteroatoms. The Morgan fingerprint density at radius 3 is 2.62 bits per heavy atom. The van der Waals surface area contributed by atoms with Gasteiger partial charge in [-0.05, 0) is 24.5 Å². The van der Waals surface area contributed by atoms with Gasteiger partial charge in [0.1, 0.15) is 11.3 Å². The summed E-state index contributed by atoms with van der Waals surface area (Å²) >= 11 is 0. The Morgan fingerprint density at radius 1 is 1.12 bits per heavy atom. The molecule has 1 aromatic carbocycles. The number of carbonyl (C=O) groups excluding carboxylic acids is 1. The lowest BCUT2D eigenvalue weighted by Gasteiger charge is -2.34. The third-order valence-electron chi connectivity index (χ3n) is 5.46. The summed E-state index contributed by atoms with van der Waals surface area (Å²) in [4.78, 5) is 29.7. The van der Waals surface area contributed by atoms with Gasteiger partial charge in [0.2, 0.25) is 0 Å². The van der Waals surface area contributed by atoms with E-state index in [1.165, 1.54) is 0 Å². The Balaban J connectivity index is 1.74. The molecule has 138 valence electrons. The zero-order valence-corrected chi connectivity index (χ0v) is 14.6. The van der Waals surface area contributed by atoms with Gasteiger partial charge in [0.15, 0.2) is 0 Å². The van der Waals surface area contributed by atoms with Gasteiger partial charge in [0.05, 0.1) is 12.1 Å². The number of β-amino-alcohol motifs (C(OH)–C–C–N with tert-alkyl or cyclic N) is 1. The van der Waals surface area contributed by atoms with E-state index in [4.69, 9.17) is 5.11 Å². The molecule has 2 aliphatic rings. The lowest BCUT2D eigenvalue weighted by molar-refractivity contribution is 0.0610. The van der Waals surface area contributed by atoms with E-state index in [1.807, 2.05) is 12.1 Å². The number of aromatic hydroxyl groups is 1. The molecule has 1 saturated heterocycles. The Bertz CT molecular complexity index is 913. The number of piperazine rings is 1. The average Bonchev–Trinajstić information content (AvgIpc) is 2.67. The Morgan fingerprint density at radius 2 is 1.88 bits per heavy atom. The van der Waals surface area contributed by atoms with Crippen LogP contribution in [0.15, 0.2) is 23.0 Å². The topological polar surface area (TPSA) is 86.0 Å². The first-order chi connectivity index (χ1) is 12.6. The normalized spacial score (nSPS) is 17.7. The lowest BCUT2D eigenvalue weighted by Crippen LogP contribution is -2.50. The maximum atomic E-state index is 13.0. The molecule has 2 N–H and O–H groups in total. The fourth-order valence-electron chi connectivity index (χ4n) is 4.08. The van der Waals surface area contributed by atoms with Crippen LogP contribution in [0.4, 0.5) is 0 Å². The largest absolute Gasteiger partial charge is 0.506 e. The monoisotopic (exact) mass is 357 g/mol. The summed E-state index contributed by atoms with van der Waals surface area (Å²) in [7, 11) is 0. The van der Waals surface area contributed by atoms with E-state index in [1.54, 1.807) is 15.5 Å². The highest BCUT2D eigenvalue weighted by Crippen LogP contribution is 2.32. The number of nitrogens with zero attached hydrogens (tertiary/aromatic N) is 3. The van der Waals surface area contributed by atoms with Crippen LogP contribution in [0.25, 0.3) is 10.9 Å². The summed E-state index contributed by atoms with van der Waals surface area (Å²) in [6, 6.07) is 5.60. The van der Waals surface area contributed by atoms with E-state index in [-0.39, 0.29) is 17.9 Å². The number of aliphatic hydroxyl groups excluding tert-OH is 1. The molecule has 0 aliphatic carbocycles. The first kappa shape index (κ1) is 17.1. The summed E-state index contributed by atoms with van der Waals surface area (Å²) in [5, 5.41) is 20.3. The highest BCUT2D eigenvalue weighted by molar-refractivity contribution is 6.03. The maximum Gasteiger partial charge on any atom is 0.267 e. The number of hydrogen-bond donors (Lipinski definition) is 2. The number of aromatic nitrogens is 1. The Labute approximate surface area is 151 Å². The maximum absolute atomic E-state index is 13.0. The second-order valence-corrected chi connectivity index (χ2v) is 6.95. The van der Waals surface area contributed by atoms with Crippen molar-refractivity contribution in [3.05, 3.63) is 39.7 Å². The lowest BCUT2D eigenvalue weighted by atomic mass is 9.99. The van der Waals surface area contributed by atoms with Crippen molar-refractivity contribution in [2.45, 2.75) is 19.4 Å². The molecular formula is C19H23N3O4. The van der Waals surface area contributed by atoms with Crippen LogP contribution in [-0.4, -0.2) is 69.8 Å². The van der Waals surface area contributed by atoms with Crippen molar-refractivity contribution in [2.24, 2.45) is 0 Å². The van der Waals surface area contributed by atoms with Crippen LogP contribution in [0.5, 0.6) is 5.75 Å². The molecule has 0 atom stereocenters. The Hall–Kier alpha value is -2.38. The van der Waals surface area contributed by atoms with Crippen LogP contribution in [0.3, 0.4) is 0 Å². The molecule has 2 aromatic rings. The van der Waals surface area contributed by atoms with Crippen LogP contribution in [0.2, 0.25) is 0 Å². The van der Waals surface area contributed by atoms with Crippen molar-refractivity contribution in [3.63, 3.8) is 0 Å². The van der Waals surface area contributed by atoms with Gasteiger partial charge >= 0.3 is 0 Å². The van der Waals surface area contributed by atoms with E-state index >= 15 is 0 Å². The van der Waals surface area contributed by atoms with Gasteiger partial charge in [-0.3, -0.25) is 14.5 Å². The minimum atomic E-state index is -0.405. The third kappa shape index (κ3) is 2.68. The van der Waals surface area contributed by atoms with Gasteiger partial charge in [-0.1, -0.05) is 12.1 Å². The van der Waals surface area contributed by atoms with Crippen molar-refractivity contribution in [3.8, 4) is 5.75 Å². The molecule has 7 nitrogen and oxygen atoms in total. The van der Waals surface area contributed by atoms with Crippen LogP contribution < -0.4 is 5.56 Å². The summed E-state index contributed by atoms with van der Waals surface area (Å²) in [5.41, 5.74) is 1.28. The molecule has 0 spiro atoms. The van der Waals surface area contributed by atoms with E-state index in [2.05, 4.69) is 4.90 Å². The van der Waals surface area contributed by atoms with Gasteiger partial charge in [0, 0.05) is 44.7 Å². The number of amides is 1. The van der Waals surface area contributed by atoms with Gasteiger partial charge < -0.3 is 19.7 Å². The molecule has 4 rings (SSSR count). The summed E-state index contributed by atoms with van der Waals surface area (Å²) in [6.07, 6.45) is 1.72. The number of hydrogen-bond acceptors (Lipinski definition) is 5. The fraction of sp³-hybridized carbons (Fsp3) is 0.474. The molecule has 0 saturated carbocycles. The van der Waals surface area contributed by atoms with Crippen LogP contribution >= 0.6 is 0 Å². The molecule has 0 unspecified atom stereocenters. The zero-order valence-electron chi connectivity index (χ0n) is 14.6. The quantitative estimate of drug-likeness (QED) is 0.831. The third-order valence-corrected chi connectivity index (χ3v) is 5.46. The number of aryl methyl sites for hydroxylation is 2. The van der Waals surface area contributed by atoms with Crippen molar-refractivity contribution >= 4 is 16.8 Å². The number of carbonyl (C=O) groups is 1. The van der Waals surface area contributed by atoms with Gasteiger partial charge in [-0.2, -0.15) is 0 Å². The highest BCUT2D eigenvalue weighted by Gasteiger charge is 2.29. The standard InChI is InChI=1S/C19H23N3O4/c23-12-11-20-7-9-21(10-8-20)18(25)15-17(24)14-5-1-3-13-4-2-6-22(16(13)14)19(15)26/h1,3,5,23-24H,2,4,6-12H2. The summed E-state index contributed by atoms with van der Waals surface area (Å²) < 4.78 is 1.64. The van der Waals surface area contributed by atoms with E-state index in [0.29, 0.717) is 44.7 Å². The van der Waals surface area contributed by atoms with Crippen molar-refractivity contribution < 1.29 is 15.0 Å². The molecule has 0 radical (unpaired) electrons. The second-order valence-electron chi connectivity index (χ2n) is 6.95. The minimum Gasteiger partial charge on any atom is -0.506 e. The number of rotatable bonds is 3. The number of benzene rings is 1. The predicted molar refractivity (Wildman–Crippen MR) is 97.6 cm³/mol. The van der Waals surface area contributed by atoms with Gasteiger partial charge in [0.25, 0.3) is 11.5 Å². The molecule has 1 fully saturated rings. The number of para-hydroxylation sites is 1. The molecule has 1 amide bonds. The number of pyridine rings is 1. The molecule has 26 heavy (non-hydrogen) atoms. The first-order valence-corrected chi connectivity index (χ1v) is 9.11. The smallest absolute Gasteiger partial charge is 0.267 e. The molecule has 1 aromatic heterocycles. The zero-order chi connectivity index (χ0) is 18.3. The average molecular weight is 357 g/mol. The van der Waals surface area contributed by atoms with Gasteiger partial charge in [-0.15, -0.1) is 0 Å². The summed E-state index contributed by atoms with van der Waals surface area (Å²) in [6.45, 7) is 3.51. The predicted octanol–water partition coefficient (Wildman–Crippen LogP) is 0.403. The van der Waals surface area contributed by atoms with Crippen LogP contribution in [-0.2, 0) is 13.0 Å². The summed E-state index contributed by atoms with van der Waals surface area (Å²) in [5.74, 6) is -0.606. The molecule has 2 aliphatic heterocycles. The first-order valence-electron chi connectivity index (χ1n) is 9.11. The van der Waals surface area contributed by atoms with E-state index in [9.17, 15) is 14.7 Å². The molecule has 3 heterocycles. The van der Waals surface area contributed by atoms with Crippen LogP contribution in [0, 0.1) is 0 Å². The second kappa shape index (κ2) is 6.74. The number of aliphatic hydroxyl groups is 1. The van der Waals surface area contributed by atoms with E-state index < -0.39 is 11.5 Å². The SMILES string of the molecule is O=C(c1c(O)c2cccc3c2n(c1=O)CCC3)N1CCN(CCO)CC1.